The van der Waals surface area contributed by atoms with Gasteiger partial charge in [-0.1, -0.05) is 0 Å². The molecule has 2 saturated heterocycles. The van der Waals surface area contributed by atoms with Gasteiger partial charge in [0.05, 0.1) is 12.2 Å². The number of benzene rings is 1. The molecule has 5 heterocycles. The van der Waals surface area contributed by atoms with E-state index in [0.717, 1.165) is 81.2 Å². The van der Waals surface area contributed by atoms with E-state index in [4.69, 9.17) is 4.98 Å². The summed E-state index contributed by atoms with van der Waals surface area (Å²) in [5.74, 6) is 1.26. The smallest absolute Gasteiger partial charge is 0.159 e. The zero-order valence-electron chi connectivity index (χ0n) is 20.8. The number of anilines is 2. The number of rotatable bonds is 6. The van der Waals surface area contributed by atoms with Crippen molar-refractivity contribution >= 4 is 17.4 Å². The van der Waals surface area contributed by atoms with E-state index < -0.39 is 11.6 Å². The molecule has 0 unspecified atom stereocenters. The summed E-state index contributed by atoms with van der Waals surface area (Å²) in [5, 5.41) is 3.10. The van der Waals surface area contributed by atoms with E-state index in [1.165, 1.54) is 18.9 Å². The van der Waals surface area contributed by atoms with Crippen LogP contribution in [0.1, 0.15) is 43.0 Å². The van der Waals surface area contributed by atoms with Crippen molar-refractivity contribution in [1.82, 2.24) is 24.4 Å². The van der Waals surface area contributed by atoms with Gasteiger partial charge in [0.15, 0.2) is 17.4 Å². The normalized spacial score (nSPS) is 18.8. The molecule has 6 rings (SSSR count). The van der Waals surface area contributed by atoms with Crippen LogP contribution in [0.2, 0.25) is 0 Å². The Hall–Kier alpha value is -3.40. The second-order valence-electron chi connectivity index (χ2n) is 10.2. The average Bonchev–Trinajstić information content (AvgIpc) is 3.59. The molecule has 0 radical (unpaired) electrons. The van der Waals surface area contributed by atoms with E-state index in [9.17, 15) is 13.6 Å². The molecule has 194 valence electrons. The number of carbonyl (C=O) groups excluding carboxylic acids is 1. The van der Waals surface area contributed by atoms with Crippen LogP contribution in [0.3, 0.4) is 0 Å². The largest absolute Gasteiger partial charge is 0.363 e. The minimum Gasteiger partial charge on any atom is -0.363 e. The fraction of sp³-hybridized carbons (Fsp3) is 0.481. The van der Waals surface area contributed by atoms with E-state index in [1.54, 1.807) is 12.4 Å². The Bertz CT molecular complexity index is 1300. The molecule has 0 spiro atoms. The van der Waals surface area contributed by atoms with E-state index >= 15 is 0 Å². The Morgan fingerprint density at radius 3 is 2.59 bits per heavy atom. The lowest BCUT2D eigenvalue weighted by Gasteiger charge is -2.34. The molecule has 2 aromatic heterocycles. The SMILES string of the molecule is O=C1CNc2ncnc(N3CCC(c4nc(-c5ccc(F)c(F)c5)cn4CCN4CCCC4)CC3)c2C1. The first-order chi connectivity index (χ1) is 18.0. The molecule has 37 heavy (non-hydrogen) atoms. The minimum atomic E-state index is -0.861. The van der Waals surface area contributed by atoms with Gasteiger partial charge >= 0.3 is 0 Å². The zero-order chi connectivity index (χ0) is 25.4. The van der Waals surface area contributed by atoms with Crippen LogP contribution in [-0.4, -0.2) is 69.5 Å². The molecular weight excluding hydrogens is 476 g/mol. The lowest BCUT2D eigenvalue weighted by atomic mass is 9.95. The molecule has 3 aliphatic rings. The summed E-state index contributed by atoms with van der Waals surface area (Å²) < 4.78 is 29.7. The lowest BCUT2D eigenvalue weighted by Crippen LogP contribution is -2.36. The maximum atomic E-state index is 14.0. The van der Waals surface area contributed by atoms with Crippen LogP contribution in [-0.2, 0) is 17.8 Å². The van der Waals surface area contributed by atoms with Crippen LogP contribution < -0.4 is 10.2 Å². The van der Waals surface area contributed by atoms with E-state index in [2.05, 4.69) is 29.7 Å². The predicted octanol–water partition coefficient (Wildman–Crippen LogP) is 3.64. The number of carbonyl (C=O) groups is 1. The first kappa shape index (κ1) is 24.0. The number of hydrogen-bond acceptors (Lipinski definition) is 7. The number of likely N-dealkylation sites (tertiary alicyclic amines) is 1. The van der Waals surface area contributed by atoms with E-state index in [0.29, 0.717) is 24.2 Å². The number of piperidine rings is 1. The zero-order valence-corrected chi connectivity index (χ0v) is 20.8. The topological polar surface area (TPSA) is 79.2 Å². The third-order valence-corrected chi connectivity index (χ3v) is 7.79. The number of imidazole rings is 1. The summed E-state index contributed by atoms with van der Waals surface area (Å²) >= 11 is 0. The van der Waals surface area contributed by atoms with Gasteiger partial charge in [0.1, 0.15) is 23.8 Å². The predicted molar refractivity (Wildman–Crippen MR) is 137 cm³/mol. The maximum Gasteiger partial charge on any atom is 0.159 e. The maximum absolute atomic E-state index is 14.0. The monoisotopic (exact) mass is 507 g/mol. The van der Waals surface area contributed by atoms with Gasteiger partial charge in [0, 0.05) is 55.8 Å². The van der Waals surface area contributed by atoms with Gasteiger partial charge in [-0.2, -0.15) is 0 Å². The standard InChI is InChI=1S/C27H31F2N7O/c28-22-4-3-19(13-23(22)29)24-16-36(12-11-34-7-1-2-8-34)26(33-24)18-5-9-35(10-6-18)27-21-14-20(37)15-30-25(21)31-17-32-27/h3-4,13,16-18H,1-2,5-12,14-15H2,(H,30,31,32). The fourth-order valence-electron chi connectivity index (χ4n) is 5.77. The van der Waals surface area contributed by atoms with Gasteiger partial charge in [-0.3, -0.25) is 4.79 Å². The van der Waals surface area contributed by atoms with Crippen molar-refractivity contribution in [3.05, 3.63) is 53.7 Å². The number of fused-ring (bicyclic) bond motifs is 1. The van der Waals surface area contributed by atoms with Gasteiger partial charge in [0.2, 0.25) is 0 Å². The molecule has 0 bridgehead atoms. The first-order valence-electron chi connectivity index (χ1n) is 13.1. The third kappa shape index (κ3) is 4.94. The number of hydrogen-bond donors (Lipinski definition) is 1. The Morgan fingerprint density at radius 2 is 1.81 bits per heavy atom. The number of nitrogens with zero attached hydrogens (tertiary/aromatic N) is 6. The Balaban J connectivity index is 1.23. The van der Waals surface area contributed by atoms with Gasteiger partial charge < -0.3 is 19.7 Å². The van der Waals surface area contributed by atoms with Crippen molar-refractivity contribution in [3.8, 4) is 11.3 Å². The Kier molecular flexibility index (Phi) is 6.58. The number of nitrogens with one attached hydrogen (secondary N) is 1. The fourth-order valence-corrected chi connectivity index (χ4v) is 5.77. The van der Waals surface area contributed by atoms with E-state index in [1.807, 2.05) is 6.20 Å². The highest BCUT2D eigenvalue weighted by Gasteiger charge is 2.29. The molecule has 0 atom stereocenters. The van der Waals surface area contributed by atoms with Crippen LogP contribution in [0.25, 0.3) is 11.3 Å². The second kappa shape index (κ2) is 10.2. The summed E-state index contributed by atoms with van der Waals surface area (Å²) in [5.41, 5.74) is 2.14. The summed E-state index contributed by atoms with van der Waals surface area (Å²) in [7, 11) is 0. The number of halogens is 2. The molecule has 3 aliphatic heterocycles. The van der Waals surface area contributed by atoms with Gasteiger partial charge in [-0.25, -0.2) is 23.7 Å². The highest BCUT2D eigenvalue weighted by atomic mass is 19.2. The van der Waals surface area contributed by atoms with Gasteiger partial charge in [0.25, 0.3) is 0 Å². The molecule has 8 nitrogen and oxygen atoms in total. The number of ketones is 1. The van der Waals surface area contributed by atoms with Crippen molar-refractivity contribution in [2.75, 3.05) is 49.5 Å². The highest BCUT2D eigenvalue weighted by Crippen LogP contribution is 2.34. The third-order valence-electron chi connectivity index (χ3n) is 7.79. The highest BCUT2D eigenvalue weighted by molar-refractivity contribution is 5.90. The molecular formula is C27H31F2N7O. The second-order valence-corrected chi connectivity index (χ2v) is 10.2. The van der Waals surface area contributed by atoms with Crippen LogP contribution in [0, 0.1) is 11.6 Å². The first-order valence-corrected chi connectivity index (χ1v) is 13.1. The number of aromatic nitrogens is 4. The Morgan fingerprint density at radius 1 is 1.00 bits per heavy atom. The molecule has 0 aliphatic carbocycles. The molecule has 2 fully saturated rings. The molecule has 1 N–H and O–H groups in total. The van der Waals surface area contributed by atoms with Crippen molar-refractivity contribution in [2.45, 2.75) is 44.6 Å². The summed E-state index contributed by atoms with van der Waals surface area (Å²) in [4.78, 5) is 30.6. The van der Waals surface area contributed by atoms with Crippen molar-refractivity contribution < 1.29 is 13.6 Å². The van der Waals surface area contributed by atoms with Gasteiger partial charge in [-0.15, -0.1) is 0 Å². The number of Topliss-reactive ketones (excluding diaryl/α,β-unsaturated/α-hetero) is 1. The van der Waals surface area contributed by atoms with E-state index in [-0.39, 0.29) is 11.7 Å². The summed E-state index contributed by atoms with van der Waals surface area (Å²) in [6.45, 7) is 5.92. The van der Waals surface area contributed by atoms with Crippen LogP contribution in [0.4, 0.5) is 20.4 Å². The molecule has 3 aromatic rings. The summed E-state index contributed by atoms with van der Waals surface area (Å²) in [6, 6.07) is 3.97. The van der Waals surface area contributed by atoms with Crippen LogP contribution in [0.15, 0.2) is 30.7 Å². The lowest BCUT2D eigenvalue weighted by molar-refractivity contribution is -0.117. The van der Waals surface area contributed by atoms with Crippen molar-refractivity contribution in [1.29, 1.82) is 0 Å². The molecule has 0 amide bonds. The van der Waals surface area contributed by atoms with Crippen LogP contribution >= 0.6 is 0 Å². The quantitative estimate of drug-likeness (QED) is 0.546. The molecule has 10 heteroatoms. The molecule has 0 saturated carbocycles. The molecule has 1 aromatic carbocycles. The minimum absolute atomic E-state index is 0.142. The van der Waals surface area contributed by atoms with Crippen LogP contribution in [0.5, 0.6) is 0 Å². The Labute approximate surface area is 214 Å². The van der Waals surface area contributed by atoms with Crippen molar-refractivity contribution in [3.63, 3.8) is 0 Å². The average molecular weight is 508 g/mol. The van der Waals surface area contributed by atoms with Gasteiger partial charge in [-0.05, 0) is 57.0 Å². The summed E-state index contributed by atoms with van der Waals surface area (Å²) in [6.07, 6.45) is 8.16. The van der Waals surface area contributed by atoms with Crippen molar-refractivity contribution in [2.24, 2.45) is 0 Å².